The lowest BCUT2D eigenvalue weighted by molar-refractivity contribution is -0.113. The first kappa shape index (κ1) is 46.9. The fourth-order valence-corrected chi connectivity index (χ4v) is 8.74. The highest BCUT2D eigenvalue weighted by molar-refractivity contribution is 8.07. The maximum absolute atomic E-state index is 14.3. The van der Waals surface area contributed by atoms with Crippen molar-refractivity contribution < 1.29 is 38.1 Å². The van der Waals surface area contributed by atoms with Gasteiger partial charge in [-0.1, -0.05) is 50.5 Å². The first-order chi connectivity index (χ1) is 30.1. The smallest absolute Gasteiger partial charge is 0.270 e. The van der Waals surface area contributed by atoms with Crippen molar-refractivity contribution in [2.24, 2.45) is 5.92 Å². The van der Waals surface area contributed by atoms with Gasteiger partial charge < -0.3 is 38.8 Å². The van der Waals surface area contributed by atoms with Crippen molar-refractivity contribution in [1.82, 2.24) is 20.1 Å². The largest absolute Gasteiger partial charge is 0.475 e. The Hall–Kier alpha value is -4.64. The molecule has 2 saturated heterocycles. The van der Waals surface area contributed by atoms with Gasteiger partial charge in [0.15, 0.2) is 0 Å². The average molecular weight is 886 g/mol. The number of hydrogen-bond donors (Lipinski definition) is 1. The number of carbonyl (C=O) groups is 3. The maximum atomic E-state index is 14.3. The number of amides is 3. The van der Waals surface area contributed by atoms with E-state index in [1.807, 2.05) is 36.4 Å². The van der Waals surface area contributed by atoms with Crippen LogP contribution in [0.2, 0.25) is 0 Å². The number of benzene rings is 2. The molecule has 0 saturated carbocycles. The Morgan fingerprint density at radius 1 is 0.742 bits per heavy atom. The van der Waals surface area contributed by atoms with E-state index in [-0.39, 0.29) is 17.7 Å². The number of rotatable bonds is 22. The molecular weight excluding hydrogens is 827 g/mol. The molecule has 0 spiro atoms. The zero-order valence-corrected chi connectivity index (χ0v) is 37.7. The Morgan fingerprint density at radius 3 is 1.82 bits per heavy atom. The lowest BCUT2D eigenvalue weighted by Crippen LogP contribution is -2.40. The van der Waals surface area contributed by atoms with Crippen LogP contribution in [0.3, 0.4) is 0 Å². The lowest BCUT2D eigenvalue weighted by atomic mass is 10.1. The van der Waals surface area contributed by atoms with E-state index >= 15 is 0 Å². The van der Waals surface area contributed by atoms with Crippen LogP contribution in [0.5, 0.6) is 5.88 Å². The van der Waals surface area contributed by atoms with Crippen LogP contribution in [0, 0.1) is 5.92 Å². The topological polar surface area (TPSA) is 132 Å². The van der Waals surface area contributed by atoms with Crippen molar-refractivity contribution >= 4 is 46.9 Å². The molecule has 3 aromatic rings. The third-order valence-electron chi connectivity index (χ3n) is 10.6. The molecule has 332 valence electrons. The molecule has 62 heavy (non-hydrogen) atoms. The van der Waals surface area contributed by atoms with Crippen LogP contribution in [0.25, 0.3) is 0 Å². The predicted molar refractivity (Wildman–Crippen MR) is 243 cm³/mol. The Balaban J connectivity index is 1.02. The fourth-order valence-electron chi connectivity index (χ4n) is 6.70. The van der Waals surface area contributed by atoms with Crippen molar-refractivity contribution in [2.45, 2.75) is 55.9 Å². The monoisotopic (exact) mass is 885 g/mol. The Kier molecular flexibility index (Phi) is 17.9. The van der Waals surface area contributed by atoms with E-state index in [4.69, 9.17) is 23.7 Å². The van der Waals surface area contributed by atoms with E-state index in [9.17, 15) is 14.4 Å². The summed E-state index contributed by atoms with van der Waals surface area (Å²) in [5.74, 6) is 0.626. The fraction of sp³-hybridized carbons (Fsp3) is 0.447. The van der Waals surface area contributed by atoms with Crippen molar-refractivity contribution in [1.29, 1.82) is 0 Å². The predicted octanol–water partition coefficient (Wildman–Crippen LogP) is 7.41. The molecular formula is C47H59N5O8S2. The number of hydrogen-bond acceptors (Lipinski definition) is 12. The molecule has 13 nitrogen and oxygen atoms in total. The Morgan fingerprint density at radius 2 is 1.29 bits per heavy atom. The van der Waals surface area contributed by atoms with E-state index in [2.05, 4.69) is 44.2 Å². The van der Waals surface area contributed by atoms with E-state index < -0.39 is 0 Å². The summed E-state index contributed by atoms with van der Waals surface area (Å²) in [5.41, 5.74) is 3.13. The summed E-state index contributed by atoms with van der Waals surface area (Å²) in [6.07, 6.45) is 4.50. The molecule has 3 amide bonds. The first-order valence-electron chi connectivity index (χ1n) is 21.4. The molecule has 1 N–H and O–H groups in total. The van der Waals surface area contributed by atoms with E-state index in [1.54, 1.807) is 45.2 Å². The summed E-state index contributed by atoms with van der Waals surface area (Å²) in [7, 11) is 0. The number of anilines is 1. The number of nitrogens with zero attached hydrogens (tertiary/aromatic N) is 4. The molecule has 1 unspecified atom stereocenters. The van der Waals surface area contributed by atoms with Crippen molar-refractivity contribution in [3.63, 3.8) is 0 Å². The van der Waals surface area contributed by atoms with Crippen molar-refractivity contribution in [3.05, 3.63) is 112 Å². The first-order valence-corrected chi connectivity index (χ1v) is 23.0. The van der Waals surface area contributed by atoms with Gasteiger partial charge in [-0.25, -0.2) is 4.98 Å². The molecule has 4 heterocycles. The molecule has 0 radical (unpaired) electrons. The summed E-state index contributed by atoms with van der Waals surface area (Å²) < 4.78 is 28.2. The summed E-state index contributed by atoms with van der Waals surface area (Å²) in [4.78, 5) is 53.0. The molecule has 6 rings (SSSR count). The summed E-state index contributed by atoms with van der Waals surface area (Å²) in [5, 5.41) is 3.38. The number of nitrogens with one attached hydrogen (secondary N) is 1. The molecule has 0 aliphatic carbocycles. The van der Waals surface area contributed by atoms with E-state index in [1.165, 1.54) is 23.5 Å². The minimum atomic E-state index is -0.246. The zero-order chi connectivity index (χ0) is 43.8. The Labute approximate surface area is 374 Å². The van der Waals surface area contributed by atoms with Gasteiger partial charge in [0.25, 0.3) is 17.7 Å². The van der Waals surface area contributed by atoms with Gasteiger partial charge >= 0.3 is 0 Å². The molecule has 0 bridgehead atoms. The van der Waals surface area contributed by atoms with Crippen LogP contribution in [-0.4, -0.2) is 124 Å². The molecule has 2 fully saturated rings. The number of morpholine rings is 2. The highest BCUT2D eigenvalue weighted by Crippen LogP contribution is 2.48. The van der Waals surface area contributed by atoms with Gasteiger partial charge in [-0.2, -0.15) is 0 Å². The van der Waals surface area contributed by atoms with Gasteiger partial charge in [0.1, 0.15) is 6.61 Å². The second-order valence-corrected chi connectivity index (χ2v) is 17.7. The second-order valence-electron chi connectivity index (χ2n) is 15.5. The van der Waals surface area contributed by atoms with Crippen LogP contribution in [0.4, 0.5) is 5.69 Å². The number of unbranched alkanes of at least 4 members (excludes halogenated alkanes) is 2. The average Bonchev–Trinajstić information content (AvgIpc) is 3.52. The minimum absolute atomic E-state index is 0.0363. The summed E-state index contributed by atoms with van der Waals surface area (Å²) in [6.45, 7) is 21.9. The van der Waals surface area contributed by atoms with Gasteiger partial charge in [-0.15, -0.1) is 0 Å². The van der Waals surface area contributed by atoms with Gasteiger partial charge in [0, 0.05) is 78.1 Å². The van der Waals surface area contributed by atoms with Crippen LogP contribution >= 0.6 is 23.5 Å². The van der Waals surface area contributed by atoms with E-state index in [0.717, 1.165) is 34.8 Å². The van der Waals surface area contributed by atoms with Crippen molar-refractivity contribution in [3.8, 4) is 5.88 Å². The third-order valence-corrected chi connectivity index (χ3v) is 13.0. The van der Waals surface area contributed by atoms with E-state index in [0.29, 0.717) is 136 Å². The standard InChI is InChI=1S/C47H59N5O8S2/c1-33(2)35(4)49-34(3)32-59-24-8-6-7-23-56-29-30-60-42-18-13-39(31-48-42)52-36(5)43(61-40-14-9-37(10-15-40)45(53)50-19-25-57-26-20-50)44(47(52)55)62-41-16-11-38(12-17-41)46(54)51-21-27-58-28-22-51/h9-18,31,33,35,49H,3,5-8,19-30,32H2,1-2,4H3. The molecule has 2 aromatic carbocycles. The highest BCUT2D eigenvalue weighted by atomic mass is 32.2. The van der Waals surface area contributed by atoms with Crippen LogP contribution in [0.15, 0.2) is 111 Å². The van der Waals surface area contributed by atoms with Crippen LogP contribution in [0.1, 0.15) is 60.7 Å². The van der Waals surface area contributed by atoms with Crippen LogP contribution < -0.4 is 15.0 Å². The lowest BCUT2D eigenvalue weighted by Gasteiger charge is -2.26. The number of thioether (sulfide) groups is 2. The number of aromatic nitrogens is 1. The van der Waals surface area contributed by atoms with Crippen molar-refractivity contribution in [2.75, 3.05) is 90.5 Å². The van der Waals surface area contributed by atoms with Gasteiger partial charge in [0.05, 0.1) is 67.0 Å². The van der Waals surface area contributed by atoms with Gasteiger partial charge in [0.2, 0.25) is 5.88 Å². The SMILES string of the molecule is C=C(COCCCCCOCCOc1ccc(N2C(=C)C(Sc3ccc(C(=O)N4CCOCC4)cc3)=C(Sc3ccc(C(=O)N4CCOCC4)cc3)C2=O)cn1)NC(C)C(C)C. The number of pyridine rings is 1. The molecule has 15 heteroatoms. The molecule has 1 aromatic heterocycles. The summed E-state index contributed by atoms with van der Waals surface area (Å²) >= 11 is 2.73. The van der Waals surface area contributed by atoms with Gasteiger partial charge in [-0.05, 0) is 86.7 Å². The zero-order valence-electron chi connectivity index (χ0n) is 36.1. The Bertz CT molecular complexity index is 1920. The highest BCUT2D eigenvalue weighted by Gasteiger charge is 2.37. The molecule has 3 aliphatic rings. The second kappa shape index (κ2) is 23.7. The molecule has 3 aliphatic heterocycles. The minimum Gasteiger partial charge on any atom is -0.475 e. The molecule has 1 atom stereocenters. The summed E-state index contributed by atoms with van der Waals surface area (Å²) in [6, 6.07) is 18.6. The number of carbonyl (C=O) groups excluding carboxylic acids is 3. The number of ether oxygens (including phenoxy) is 5. The quantitative estimate of drug-likeness (QED) is 0.101. The van der Waals surface area contributed by atoms with Gasteiger partial charge in [-0.3, -0.25) is 19.3 Å². The third kappa shape index (κ3) is 13.2. The maximum Gasteiger partial charge on any atom is 0.270 e. The van der Waals surface area contributed by atoms with Crippen LogP contribution in [-0.2, 0) is 23.7 Å². The normalized spacial score (nSPS) is 16.3.